The van der Waals surface area contributed by atoms with Gasteiger partial charge in [0.2, 0.25) is 11.8 Å². The summed E-state index contributed by atoms with van der Waals surface area (Å²) in [7, 11) is -3.79. The van der Waals surface area contributed by atoms with Gasteiger partial charge in [-0.15, -0.1) is 0 Å². The van der Waals surface area contributed by atoms with Gasteiger partial charge in [-0.05, 0) is 81.8 Å². The third kappa shape index (κ3) is 3.83. The Bertz CT molecular complexity index is 1070. The summed E-state index contributed by atoms with van der Waals surface area (Å²) in [6.45, 7) is 4.46. The largest absolute Gasteiger partial charge is 0.369 e. The number of carbonyl (C=O) groups excluding carboxylic acids is 2. The Morgan fingerprint density at radius 1 is 1.12 bits per heavy atom. The Morgan fingerprint density at radius 2 is 1.82 bits per heavy atom. The lowest BCUT2D eigenvalue weighted by Crippen LogP contribution is -2.63. The number of primary amides is 1. The maximum atomic E-state index is 13.4. The third-order valence-corrected chi connectivity index (χ3v) is 10.3. The first kappa shape index (κ1) is 22.7. The Balaban J connectivity index is 1.28. The van der Waals surface area contributed by atoms with E-state index in [0.29, 0.717) is 31.1 Å². The van der Waals surface area contributed by atoms with Gasteiger partial charge in [0.1, 0.15) is 0 Å². The molecule has 1 aromatic carbocycles. The molecule has 33 heavy (non-hydrogen) atoms. The molecular formula is C24H34N4O4S. The van der Waals surface area contributed by atoms with E-state index >= 15 is 0 Å². The Hall–Kier alpha value is -2.13. The minimum absolute atomic E-state index is 0.00413. The molecule has 1 heterocycles. The highest BCUT2D eigenvalue weighted by molar-refractivity contribution is 7.90. The van der Waals surface area contributed by atoms with Gasteiger partial charge in [0.25, 0.3) is 0 Å². The van der Waals surface area contributed by atoms with Gasteiger partial charge in [-0.3, -0.25) is 13.9 Å². The van der Waals surface area contributed by atoms with E-state index in [1.807, 2.05) is 32.0 Å². The number of aryl methyl sites for hydroxylation is 2. The van der Waals surface area contributed by atoms with Gasteiger partial charge >= 0.3 is 10.2 Å². The smallest absolute Gasteiger partial charge is 0.304 e. The van der Waals surface area contributed by atoms with Crippen LogP contribution in [0.1, 0.15) is 49.7 Å². The first-order valence-corrected chi connectivity index (χ1v) is 13.4. The summed E-state index contributed by atoms with van der Waals surface area (Å²) in [5.74, 6) is 0.552. The fraction of sp³-hybridized carbons (Fsp3) is 0.667. The van der Waals surface area contributed by atoms with Crippen LogP contribution < -0.4 is 15.4 Å². The van der Waals surface area contributed by atoms with Crippen LogP contribution in [0, 0.1) is 37.0 Å². The lowest BCUT2D eigenvalue weighted by molar-refractivity contribution is -0.147. The predicted octanol–water partition coefficient (Wildman–Crippen LogP) is 1.86. The maximum absolute atomic E-state index is 13.4. The lowest BCUT2D eigenvalue weighted by Gasteiger charge is -2.58. The molecule has 4 aliphatic carbocycles. The van der Waals surface area contributed by atoms with E-state index in [1.54, 1.807) is 0 Å². The second-order valence-corrected chi connectivity index (χ2v) is 12.6. The molecule has 5 fully saturated rings. The highest BCUT2D eigenvalue weighted by atomic mass is 32.2. The van der Waals surface area contributed by atoms with Crippen molar-refractivity contribution >= 4 is 27.7 Å². The first-order valence-electron chi connectivity index (χ1n) is 12.0. The minimum Gasteiger partial charge on any atom is -0.369 e. The lowest BCUT2D eigenvalue weighted by atomic mass is 9.47. The fourth-order valence-electron chi connectivity index (χ4n) is 7.20. The quantitative estimate of drug-likeness (QED) is 0.678. The van der Waals surface area contributed by atoms with E-state index in [0.717, 1.165) is 43.2 Å². The zero-order valence-electron chi connectivity index (χ0n) is 19.4. The minimum atomic E-state index is -3.79. The molecule has 8 nitrogen and oxygen atoms in total. The van der Waals surface area contributed by atoms with Gasteiger partial charge in [-0.1, -0.05) is 17.7 Å². The van der Waals surface area contributed by atoms with Gasteiger partial charge in [0.05, 0.1) is 12.2 Å². The zero-order valence-corrected chi connectivity index (χ0v) is 20.2. The molecule has 3 N–H and O–H groups in total. The highest BCUT2D eigenvalue weighted by Crippen LogP contribution is 2.59. The molecule has 4 saturated carbocycles. The number of nitrogens with zero attached hydrogens (tertiary/aromatic N) is 2. The molecule has 2 amide bonds. The third-order valence-electron chi connectivity index (χ3n) is 8.44. The molecule has 2 atom stereocenters. The van der Waals surface area contributed by atoms with Gasteiger partial charge < -0.3 is 11.1 Å². The SMILES string of the molecule is Cc1ccc(N2CCCN(CC(=O)NC3C4CC5CC3CC(C(N)=O)(C5)C4)S2(=O)=O)c(C)c1. The molecule has 2 unspecified atom stereocenters. The number of carbonyl (C=O) groups is 2. The van der Waals surface area contributed by atoms with E-state index in [2.05, 4.69) is 5.32 Å². The van der Waals surface area contributed by atoms with Crippen molar-refractivity contribution in [1.29, 1.82) is 0 Å². The molecule has 6 rings (SSSR count). The van der Waals surface area contributed by atoms with Gasteiger partial charge in [-0.2, -0.15) is 12.7 Å². The van der Waals surface area contributed by atoms with Crippen molar-refractivity contribution in [2.24, 2.45) is 28.9 Å². The van der Waals surface area contributed by atoms with Crippen LogP contribution in [-0.2, 0) is 19.8 Å². The van der Waals surface area contributed by atoms with Crippen LogP contribution in [0.5, 0.6) is 0 Å². The number of anilines is 1. The summed E-state index contributed by atoms with van der Waals surface area (Å²) in [4.78, 5) is 25.2. The molecule has 9 heteroatoms. The van der Waals surface area contributed by atoms with Crippen molar-refractivity contribution in [1.82, 2.24) is 9.62 Å². The Labute approximate surface area is 196 Å². The topological polar surface area (TPSA) is 113 Å². The van der Waals surface area contributed by atoms with Gasteiger partial charge in [-0.25, -0.2) is 0 Å². The van der Waals surface area contributed by atoms with Crippen molar-refractivity contribution < 1.29 is 18.0 Å². The second kappa shape index (κ2) is 7.98. The summed E-state index contributed by atoms with van der Waals surface area (Å²) >= 11 is 0. The average Bonchev–Trinajstić information content (AvgIpc) is 2.72. The van der Waals surface area contributed by atoms with E-state index in [4.69, 9.17) is 5.73 Å². The number of nitrogens with two attached hydrogens (primary N) is 1. The van der Waals surface area contributed by atoms with Crippen molar-refractivity contribution in [3.8, 4) is 0 Å². The standard InChI is InChI=1S/C24H34N4O4S/c1-15-4-5-20(16(2)8-15)28-7-3-6-27(33(28,31)32)14-21(29)26-22-18-9-17-10-19(22)13-24(11-17,12-18)23(25)30/h4-5,8,17-19,22H,3,6-7,9-14H2,1-2H3,(H2,25,30)(H,26,29). The van der Waals surface area contributed by atoms with Gasteiger partial charge in [0, 0.05) is 24.5 Å². The van der Waals surface area contributed by atoms with Gasteiger partial charge in [0.15, 0.2) is 0 Å². The predicted molar refractivity (Wildman–Crippen MR) is 125 cm³/mol. The van der Waals surface area contributed by atoms with Crippen molar-refractivity contribution in [3.05, 3.63) is 29.3 Å². The Kier molecular flexibility index (Phi) is 5.47. The van der Waals surface area contributed by atoms with Crippen LogP contribution in [0.3, 0.4) is 0 Å². The van der Waals surface area contributed by atoms with Crippen LogP contribution in [-0.4, -0.2) is 50.2 Å². The molecule has 1 aliphatic heterocycles. The highest BCUT2D eigenvalue weighted by Gasteiger charge is 2.58. The summed E-state index contributed by atoms with van der Waals surface area (Å²) in [6.07, 6.45) is 5.05. The normalized spacial score (nSPS) is 34.9. The number of benzene rings is 1. The van der Waals surface area contributed by atoms with Crippen LogP contribution in [0.4, 0.5) is 5.69 Å². The molecule has 0 spiro atoms. The molecule has 180 valence electrons. The fourth-order valence-corrected chi connectivity index (χ4v) is 8.94. The molecular weight excluding hydrogens is 440 g/mol. The Morgan fingerprint density at radius 3 is 2.45 bits per heavy atom. The molecule has 1 aromatic rings. The van der Waals surface area contributed by atoms with E-state index < -0.39 is 15.6 Å². The van der Waals surface area contributed by atoms with Crippen LogP contribution in [0.15, 0.2) is 18.2 Å². The molecule has 1 saturated heterocycles. The van der Waals surface area contributed by atoms with Crippen molar-refractivity contribution in [2.45, 2.75) is 58.4 Å². The number of hydrogen-bond donors (Lipinski definition) is 2. The van der Waals surface area contributed by atoms with E-state index in [9.17, 15) is 18.0 Å². The molecule has 5 aliphatic rings. The summed E-state index contributed by atoms with van der Waals surface area (Å²) < 4.78 is 29.4. The van der Waals surface area contributed by atoms with E-state index in [1.165, 1.54) is 8.61 Å². The monoisotopic (exact) mass is 474 g/mol. The summed E-state index contributed by atoms with van der Waals surface area (Å²) in [6, 6.07) is 5.73. The number of rotatable bonds is 5. The molecule has 0 aromatic heterocycles. The van der Waals surface area contributed by atoms with Crippen LogP contribution in [0.2, 0.25) is 0 Å². The summed E-state index contributed by atoms with van der Waals surface area (Å²) in [5, 5.41) is 3.16. The number of nitrogens with one attached hydrogen (secondary N) is 1. The molecule has 0 radical (unpaired) electrons. The number of amides is 2. The van der Waals surface area contributed by atoms with Crippen molar-refractivity contribution in [2.75, 3.05) is 23.9 Å². The number of hydrogen-bond acceptors (Lipinski definition) is 4. The first-order chi connectivity index (χ1) is 15.6. The van der Waals surface area contributed by atoms with Crippen molar-refractivity contribution in [3.63, 3.8) is 0 Å². The second-order valence-electron chi connectivity index (χ2n) is 10.8. The van der Waals surface area contributed by atoms with Crippen LogP contribution >= 0.6 is 0 Å². The van der Waals surface area contributed by atoms with E-state index in [-0.39, 0.29) is 36.2 Å². The summed E-state index contributed by atoms with van der Waals surface area (Å²) in [5.41, 5.74) is 8.02. The molecule has 4 bridgehead atoms. The maximum Gasteiger partial charge on any atom is 0.304 e. The zero-order chi connectivity index (χ0) is 23.5. The average molecular weight is 475 g/mol. The van der Waals surface area contributed by atoms with Crippen LogP contribution in [0.25, 0.3) is 0 Å².